The lowest BCUT2D eigenvalue weighted by Gasteiger charge is -2.03. The van der Waals surface area contributed by atoms with Crippen molar-refractivity contribution < 1.29 is 13.9 Å². The number of imidazole rings is 1. The zero-order chi connectivity index (χ0) is 18.8. The summed E-state index contributed by atoms with van der Waals surface area (Å²) in [5.41, 5.74) is 2.13. The fraction of sp³-hybridized carbons (Fsp3) is 0.105. The zero-order valence-electron chi connectivity index (χ0n) is 13.9. The second-order valence-electron chi connectivity index (χ2n) is 5.78. The van der Waals surface area contributed by atoms with Gasteiger partial charge in [0.2, 0.25) is 5.89 Å². The number of halogens is 2. The SMILES string of the molecule is O=C(OCCc1ncc[nH]1)c1ccc2nc(-c3cc(Cl)cc(Cl)c3)oc2c1. The maximum Gasteiger partial charge on any atom is 0.338 e. The summed E-state index contributed by atoms with van der Waals surface area (Å²) in [4.78, 5) is 23.7. The molecule has 0 atom stereocenters. The van der Waals surface area contributed by atoms with Gasteiger partial charge < -0.3 is 14.1 Å². The Morgan fingerprint density at radius 3 is 2.70 bits per heavy atom. The fourth-order valence-electron chi connectivity index (χ4n) is 2.61. The van der Waals surface area contributed by atoms with Gasteiger partial charge in [0.15, 0.2) is 5.58 Å². The minimum atomic E-state index is -0.438. The normalized spacial score (nSPS) is 11.0. The lowest BCUT2D eigenvalue weighted by atomic mass is 10.2. The molecule has 0 saturated carbocycles. The van der Waals surface area contributed by atoms with E-state index >= 15 is 0 Å². The fourth-order valence-corrected chi connectivity index (χ4v) is 3.14. The van der Waals surface area contributed by atoms with Gasteiger partial charge in [-0.15, -0.1) is 0 Å². The van der Waals surface area contributed by atoms with Gasteiger partial charge in [0.05, 0.1) is 12.2 Å². The van der Waals surface area contributed by atoms with Gasteiger partial charge in [0.25, 0.3) is 0 Å². The van der Waals surface area contributed by atoms with Crippen molar-refractivity contribution in [2.75, 3.05) is 6.61 Å². The van der Waals surface area contributed by atoms with Gasteiger partial charge >= 0.3 is 5.97 Å². The third-order valence-corrected chi connectivity index (χ3v) is 4.30. The molecule has 0 bridgehead atoms. The number of carbonyl (C=O) groups excluding carboxylic acids is 1. The Balaban J connectivity index is 1.52. The number of esters is 1. The molecular formula is C19H13Cl2N3O3. The summed E-state index contributed by atoms with van der Waals surface area (Å²) in [5, 5.41) is 0.973. The second-order valence-corrected chi connectivity index (χ2v) is 6.65. The first-order chi connectivity index (χ1) is 13.1. The van der Waals surface area contributed by atoms with E-state index in [1.165, 1.54) is 0 Å². The predicted octanol–water partition coefficient (Wildman–Crippen LogP) is 4.92. The predicted molar refractivity (Wildman–Crippen MR) is 102 cm³/mol. The number of H-pyrrole nitrogens is 1. The average molecular weight is 402 g/mol. The average Bonchev–Trinajstić information content (AvgIpc) is 3.29. The summed E-state index contributed by atoms with van der Waals surface area (Å²) in [5.74, 6) is 0.697. The van der Waals surface area contributed by atoms with Crippen LogP contribution in [0.25, 0.3) is 22.6 Å². The Labute approximate surface area is 164 Å². The van der Waals surface area contributed by atoms with Crippen LogP contribution in [0.2, 0.25) is 10.0 Å². The lowest BCUT2D eigenvalue weighted by molar-refractivity contribution is 0.0507. The maximum absolute atomic E-state index is 12.2. The maximum atomic E-state index is 12.2. The van der Waals surface area contributed by atoms with Gasteiger partial charge in [-0.1, -0.05) is 23.2 Å². The number of ether oxygens (including phenoxy) is 1. The molecule has 0 amide bonds. The largest absolute Gasteiger partial charge is 0.462 e. The highest BCUT2D eigenvalue weighted by Gasteiger charge is 2.14. The highest BCUT2D eigenvalue weighted by molar-refractivity contribution is 6.35. The molecule has 27 heavy (non-hydrogen) atoms. The number of carbonyl (C=O) groups is 1. The zero-order valence-corrected chi connectivity index (χ0v) is 15.4. The summed E-state index contributed by atoms with van der Waals surface area (Å²) in [6, 6.07) is 10.0. The second kappa shape index (κ2) is 7.42. The smallest absolute Gasteiger partial charge is 0.338 e. The Hall–Kier alpha value is -2.83. The highest BCUT2D eigenvalue weighted by atomic mass is 35.5. The van der Waals surface area contributed by atoms with Gasteiger partial charge in [-0.05, 0) is 36.4 Å². The van der Waals surface area contributed by atoms with E-state index in [4.69, 9.17) is 32.4 Å². The summed E-state index contributed by atoms with van der Waals surface area (Å²) < 4.78 is 11.0. The lowest BCUT2D eigenvalue weighted by Crippen LogP contribution is -2.08. The number of nitrogens with one attached hydrogen (secondary N) is 1. The minimum Gasteiger partial charge on any atom is -0.462 e. The molecule has 2 aromatic heterocycles. The number of nitrogens with zero attached hydrogens (tertiary/aromatic N) is 2. The van der Waals surface area contributed by atoms with Gasteiger partial charge in [-0.2, -0.15) is 0 Å². The Morgan fingerprint density at radius 1 is 1.15 bits per heavy atom. The van der Waals surface area contributed by atoms with Crippen LogP contribution >= 0.6 is 23.2 Å². The Kier molecular flexibility index (Phi) is 4.83. The Bertz CT molecular complexity index is 1090. The van der Waals surface area contributed by atoms with Gasteiger partial charge in [-0.25, -0.2) is 14.8 Å². The van der Waals surface area contributed by atoms with Crippen LogP contribution in [0.1, 0.15) is 16.2 Å². The Morgan fingerprint density at radius 2 is 1.96 bits per heavy atom. The summed E-state index contributed by atoms with van der Waals surface area (Å²) in [7, 11) is 0. The molecule has 0 radical (unpaired) electrons. The van der Waals surface area contributed by atoms with Crippen LogP contribution in [0, 0.1) is 0 Å². The summed E-state index contributed by atoms with van der Waals surface area (Å²) in [6.45, 7) is 0.229. The van der Waals surface area contributed by atoms with Gasteiger partial charge in [0.1, 0.15) is 11.3 Å². The first-order valence-electron chi connectivity index (χ1n) is 8.11. The van der Waals surface area contributed by atoms with Crippen LogP contribution < -0.4 is 0 Å². The molecule has 2 aromatic carbocycles. The van der Waals surface area contributed by atoms with E-state index in [1.807, 2.05) is 0 Å². The molecule has 8 heteroatoms. The van der Waals surface area contributed by atoms with Crippen LogP contribution in [-0.4, -0.2) is 27.5 Å². The first-order valence-corrected chi connectivity index (χ1v) is 8.86. The molecule has 0 fully saturated rings. The van der Waals surface area contributed by atoms with Crippen LogP contribution in [0.4, 0.5) is 0 Å². The number of hydrogen-bond acceptors (Lipinski definition) is 5. The molecule has 6 nitrogen and oxygen atoms in total. The van der Waals surface area contributed by atoms with Crippen molar-refractivity contribution in [2.24, 2.45) is 0 Å². The monoisotopic (exact) mass is 401 g/mol. The topological polar surface area (TPSA) is 81.0 Å². The molecule has 0 aliphatic carbocycles. The number of aromatic amines is 1. The molecule has 0 unspecified atom stereocenters. The van der Waals surface area contributed by atoms with E-state index in [0.29, 0.717) is 44.6 Å². The van der Waals surface area contributed by atoms with Gasteiger partial charge in [0, 0.05) is 34.4 Å². The van der Waals surface area contributed by atoms with E-state index in [2.05, 4.69) is 15.0 Å². The molecule has 0 spiro atoms. The van der Waals surface area contributed by atoms with Crippen LogP contribution in [0.5, 0.6) is 0 Å². The van der Waals surface area contributed by atoms with Crippen molar-refractivity contribution in [3.05, 3.63) is 70.2 Å². The van der Waals surface area contributed by atoms with Crippen LogP contribution in [0.3, 0.4) is 0 Å². The van der Waals surface area contributed by atoms with Crippen molar-refractivity contribution in [1.82, 2.24) is 15.0 Å². The van der Waals surface area contributed by atoms with E-state index in [1.54, 1.807) is 48.8 Å². The number of hydrogen-bond donors (Lipinski definition) is 1. The van der Waals surface area contributed by atoms with E-state index in [9.17, 15) is 4.79 Å². The number of oxazole rings is 1. The van der Waals surface area contributed by atoms with Crippen LogP contribution in [0.15, 0.2) is 53.2 Å². The van der Waals surface area contributed by atoms with Crippen LogP contribution in [-0.2, 0) is 11.2 Å². The van der Waals surface area contributed by atoms with Crippen molar-refractivity contribution in [3.63, 3.8) is 0 Å². The van der Waals surface area contributed by atoms with Crippen molar-refractivity contribution in [1.29, 1.82) is 0 Å². The summed E-state index contributed by atoms with van der Waals surface area (Å²) >= 11 is 12.1. The standard InChI is InChI=1S/C19H13Cl2N3O3/c20-13-7-12(8-14(21)10-13)18-24-15-2-1-11(9-16(15)27-18)19(25)26-6-3-17-22-4-5-23-17/h1-2,4-5,7-10H,3,6H2,(H,22,23). The first kappa shape index (κ1) is 17.6. The van der Waals surface area contributed by atoms with E-state index < -0.39 is 5.97 Å². The molecular weight excluding hydrogens is 389 g/mol. The number of rotatable bonds is 5. The molecule has 2 heterocycles. The third kappa shape index (κ3) is 3.97. The van der Waals surface area contributed by atoms with Crippen molar-refractivity contribution in [3.8, 4) is 11.5 Å². The van der Waals surface area contributed by atoms with Crippen molar-refractivity contribution >= 4 is 40.3 Å². The third-order valence-electron chi connectivity index (χ3n) is 3.86. The molecule has 0 aliphatic heterocycles. The molecule has 136 valence electrons. The van der Waals surface area contributed by atoms with Gasteiger partial charge in [-0.3, -0.25) is 0 Å². The molecule has 4 rings (SSSR count). The molecule has 0 saturated heterocycles. The number of benzene rings is 2. The number of fused-ring (bicyclic) bond motifs is 1. The van der Waals surface area contributed by atoms with E-state index in [0.717, 1.165) is 5.82 Å². The highest BCUT2D eigenvalue weighted by Crippen LogP contribution is 2.29. The van der Waals surface area contributed by atoms with Crippen molar-refractivity contribution in [2.45, 2.75) is 6.42 Å². The molecule has 0 aliphatic rings. The molecule has 1 N–H and O–H groups in total. The number of aromatic nitrogens is 3. The quantitative estimate of drug-likeness (QED) is 0.479. The minimum absolute atomic E-state index is 0.229. The van der Waals surface area contributed by atoms with E-state index in [-0.39, 0.29) is 6.61 Å². The molecule has 4 aromatic rings. The summed E-state index contributed by atoms with van der Waals surface area (Å²) in [6.07, 6.45) is 3.89.